The lowest BCUT2D eigenvalue weighted by Crippen LogP contribution is -2.41. The largest absolute Gasteiger partial charge is 0.384 e. The number of rotatable bonds is 8. The second-order valence-electron chi connectivity index (χ2n) is 5.58. The number of methoxy groups -OCH3 is 1. The molecule has 0 aliphatic heterocycles. The van der Waals surface area contributed by atoms with Crippen LogP contribution in [0.15, 0.2) is 12.3 Å². The summed E-state index contributed by atoms with van der Waals surface area (Å²) in [6.07, 6.45) is 2.63. The molecule has 1 aromatic rings. The van der Waals surface area contributed by atoms with Crippen molar-refractivity contribution in [3.05, 3.63) is 23.5 Å². The van der Waals surface area contributed by atoms with Gasteiger partial charge in [0.2, 0.25) is 0 Å². The lowest BCUT2D eigenvalue weighted by molar-refractivity contribution is 0.0867. The van der Waals surface area contributed by atoms with Crippen LogP contribution in [0.2, 0.25) is 0 Å². The number of carbonyl (C=O) groups excluding carboxylic acids is 1. The summed E-state index contributed by atoms with van der Waals surface area (Å²) in [4.78, 5) is 16.7. The SMILES string of the molecule is CCCNc1cc(C)ncc1C(=O)NC(COC)C(C)C. The maximum atomic E-state index is 12.5. The van der Waals surface area contributed by atoms with Gasteiger partial charge >= 0.3 is 0 Å². The van der Waals surface area contributed by atoms with Crippen molar-refractivity contribution in [2.45, 2.75) is 40.2 Å². The van der Waals surface area contributed by atoms with Crippen molar-refractivity contribution >= 4 is 11.6 Å². The maximum Gasteiger partial charge on any atom is 0.255 e. The molecule has 1 unspecified atom stereocenters. The molecule has 0 spiro atoms. The molecule has 1 amide bonds. The standard InChI is InChI=1S/C16H27N3O2/c1-6-7-17-14-8-12(4)18-9-13(14)16(20)19-15(10-21-5)11(2)3/h8-9,11,15H,6-7,10H2,1-5H3,(H,17,18)(H,19,20). The molecule has 0 saturated heterocycles. The van der Waals surface area contributed by atoms with Crippen LogP contribution in [0.1, 0.15) is 43.2 Å². The Morgan fingerprint density at radius 3 is 2.71 bits per heavy atom. The molecule has 5 heteroatoms. The highest BCUT2D eigenvalue weighted by Crippen LogP contribution is 2.16. The van der Waals surface area contributed by atoms with E-state index in [1.54, 1.807) is 13.3 Å². The van der Waals surface area contributed by atoms with Crippen LogP contribution in [0.25, 0.3) is 0 Å². The van der Waals surface area contributed by atoms with Gasteiger partial charge in [-0.05, 0) is 25.3 Å². The molecule has 0 aromatic carbocycles. The highest BCUT2D eigenvalue weighted by atomic mass is 16.5. The third-order valence-corrected chi connectivity index (χ3v) is 3.32. The van der Waals surface area contributed by atoms with E-state index in [0.29, 0.717) is 18.1 Å². The zero-order valence-electron chi connectivity index (χ0n) is 13.7. The van der Waals surface area contributed by atoms with Crippen LogP contribution in [0.4, 0.5) is 5.69 Å². The molecule has 0 aliphatic rings. The van der Waals surface area contributed by atoms with E-state index in [0.717, 1.165) is 24.3 Å². The van der Waals surface area contributed by atoms with Gasteiger partial charge in [0.1, 0.15) is 0 Å². The number of carbonyl (C=O) groups is 1. The van der Waals surface area contributed by atoms with Gasteiger partial charge in [-0.2, -0.15) is 0 Å². The smallest absolute Gasteiger partial charge is 0.255 e. The van der Waals surface area contributed by atoms with E-state index in [4.69, 9.17) is 4.74 Å². The monoisotopic (exact) mass is 293 g/mol. The highest BCUT2D eigenvalue weighted by molar-refractivity contribution is 5.99. The fourth-order valence-electron chi connectivity index (χ4n) is 1.97. The summed E-state index contributed by atoms with van der Waals surface area (Å²) in [5, 5.41) is 6.31. The fraction of sp³-hybridized carbons (Fsp3) is 0.625. The van der Waals surface area contributed by atoms with Gasteiger partial charge in [0, 0.05) is 25.5 Å². The Bertz CT molecular complexity index is 461. The van der Waals surface area contributed by atoms with Crippen molar-refractivity contribution in [3.63, 3.8) is 0 Å². The molecular formula is C16H27N3O2. The molecule has 2 N–H and O–H groups in total. The summed E-state index contributed by atoms with van der Waals surface area (Å²) in [5.41, 5.74) is 2.31. The Morgan fingerprint density at radius 1 is 1.43 bits per heavy atom. The average molecular weight is 293 g/mol. The van der Waals surface area contributed by atoms with Crippen LogP contribution in [-0.2, 0) is 4.74 Å². The van der Waals surface area contributed by atoms with Gasteiger partial charge in [-0.15, -0.1) is 0 Å². The number of pyridine rings is 1. The van der Waals surface area contributed by atoms with Crippen LogP contribution in [0.3, 0.4) is 0 Å². The second-order valence-corrected chi connectivity index (χ2v) is 5.58. The van der Waals surface area contributed by atoms with Crippen LogP contribution >= 0.6 is 0 Å². The first-order valence-corrected chi connectivity index (χ1v) is 7.49. The van der Waals surface area contributed by atoms with Crippen LogP contribution < -0.4 is 10.6 Å². The van der Waals surface area contributed by atoms with Gasteiger partial charge in [-0.1, -0.05) is 20.8 Å². The third-order valence-electron chi connectivity index (χ3n) is 3.32. The summed E-state index contributed by atoms with van der Waals surface area (Å²) in [6.45, 7) is 9.46. The fourth-order valence-corrected chi connectivity index (χ4v) is 1.97. The maximum absolute atomic E-state index is 12.5. The Kier molecular flexibility index (Phi) is 7.15. The molecule has 21 heavy (non-hydrogen) atoms. The lowest BCUT2D eigenvalue weighted by atomic mass is 10.0. The van der Waals surface area contributed by atoms with Crippen molar-refractivity contribution in [1.29, 1.82) is 0 Å². The number of hydrogen-bond acceptors (Lipinski definition) is 4. The van der Waals surface area contributed by atoms with Crippen molar-refractivity contribution in [2.75, 3.05) is 25.6 Å². The summed E-state index contributed by atoms with van der Waals surface area (Å²) in [6, 6.07) is 1.90. The number of hydrogen-bond donors (Lipinski definition) is 2. The minimum Gasteiger partial charge on any atom is -0.384 e. The third kappa shape index (κ3) is 5.34. The minimum atomic E-state index is -0.114. The molecule has 0 radical (unpaired) electrons. The number of nitrogens with one attached hydrogen (secondary N) is 2. The van der Waals surface area contributed by atoms with Crippen LogP contribution in [0.5, 0.6) is 0 Å². The van der Waals surface area contributed by atoms with Gasteiger partial charge in [-0.25, -0.2) is 0 Å². The van der Waals surface area contributed by atoms with E-state index in [9.17, 15) is 4.79 Å². The lowest BCUT2D eigenvalue weighted by Gasteiger charge is -2.22. The van der Waals surface area contributed by atoms with Gasteiger partial charge in [0.05, 0.1) is 23.9 Å². The molecule has 1 atom stereocenters. The molecule has 1 heterocycles. The molecule has 0 saturated carbocycles. The first kappa shape index (κ1) is 17.4. The van der Waals surface area contributed by atoms with E-state index in [-0.39, 0.29) is 11.9 Å². The molecule has 0 bridgehead atoms. The summed E-state index contributed by atoms with van der Waals surface area (Å²) >= 11 is 0. The molecule has 5 nitrogen and oxygen atoms in total. The molecule has 0 fully saturated rings. The zero-order chi connectivity index (χ0) is 15.8. The summed E-state index contributed by atoms with van der Waals surface area (Å²) in [7, 11) is 1.64. The minimum absolute atomic E-state index is 0.0113. The van der Waals surface area contributed by atoms with Crippen molar-refractivity contribution < 1.29 is 9.53 Å². The predicted octanol–water partition coefficient (Wildman–Crippen LogP) is 2.61. The Balaban J connectivity index is 2.89. The van der Waals surface area contributed by atoms with E-state index < -0.39 is 0 Å². The molecule has 118 valence electrons. The summed E-state index contributed by atoms with van der Waals surface area (Å²) in [5.74, 6) is 0.191. The van der Waals surface area contributed by atoms with E-state index >= 15 is 0 Å². The van der Waals surface area contributed by atoms with Crippen LogP contribution in [0, 0.1) is 12.8 Å². The first-order valence-electron chi connectivity index (χ1n) is 7.49. The normalized spacial score (nSPS) is 12.3. The van der Waals surface area contributed by atoms with Gasteiger partial charge < -0.3 is 15.4 Å². The van der Waals surface area contributed by atoms with E-state index in [1.165, 1.54) is 0 Å². The Labute approximate surface area is 127 Å². The van der Waals surface area contributed by atoms with Crippen molar-refractivity contribution in [3.8, 4) is 0 Å². The van der Waals surface area contributed by atoms with E-state index in [2.05, 4.69) is 36.4 Å². The van der Waals surface area contributed by atoms with Gasteiger partial charge in [0.15, 0.2) is 0 Å². The number of ether oxygens (including phenoxy) is 1. The molecule has 0 aliphatic carbocycles. The number of amides is 1. The highest BCUT2D eigenvalue weighted by Gasteiger charge is 2.19. The quantitative estimate of drug-likeness (QED) is 0.773. The van der Waals surface area contributed by atoms with Crippen molar-refractivity contribution in [1.82, 2.24) is 10.3 Å². The number of aryl methyl sites for hydroxylation is 1. The van der Waals surface area contributed by atoms with E-state index in [1.807, 2.05) is 13.0 Å². The summed E-state index contributed by atoms with van der Waals surface area (Å²) < 4.78 is 5.17. The first-order chi connectivity index (χ1) is 9.99. The molecular weight excluding hydrogens is 266 g/mol. The number of aromatic nitrogens is 1. The molecule has 1 rings (SSSR count). The average Bonchev–Trinajstić information content (AvgIpc) is 2.44. The second kappa shape index (κ2) is 8.62. The van der Waals surface area contributed by atoms with Gasteiger partial charge in [-0.3, -0.25) is 9.78 Å². The number of nitrogens with zero attached hydrogens (tertiary/aromatic N) is 1. The Morgan fingerprint density at radius 2 is 2.14 bits per heavy atom. The zero-order valence-corrected chi connectivity index (χ0v) is 13.7. The predicted molar refractivity (Wildman–Crippen MR) is 85.7 cm³/mol. The Hall–Kier alpha value is -1.62. The topological polar surface area (TPSA) is 63.2 Å². The van der Waals surface area contributed by atoms with Crippen molar-refractivity contribution in [2.24, 2.45) is 5.92 Å². The van der Waals surface area contributed by atoms with Crippen LogP contribution in [-0.4, -0.2) is 37.2 Å². The number of anilines is 1. The van der Waals surface area contributed by atoms with Gasteiger partial charge in [0.25, 0.3) is 5.91 Å². The molecule has 1 aromatic heterocycles.